The highest BCUT2D eigenvalue weighted by Gasteiger charge is 2.12. The van der Waals surface area contributed by atoms with Gasteiger partial charge in [-0.25, -0.2) is 4.68 Å². The second kappa shape index (κ2) is 6.33. The van der Waals surface area contributed by atoms with Gasteiger partial charge >= 0.3 is 0 Å². The Labute approximate surface area is 107 Å². The molecule has 0 aromatic carbocycles. The minimum Gasteiger partial charge on any atom is -0.348 e. The summed E-state index contributed by atoms with van der Waals surface area (Å²) in [5, 5.41) is 6.79. The summed E-state index contributed by atoms with van der Waals surface area (Å²) < 4.78 is 1.16. The van der Waals surface area contributed by atoms with Gasteiger partial charge in [0.1, 0.15) is 5.69 Å². The van der Waals surface area contributed by atoms with E-state index in [0.29, 0.717) is 5.92 Å². The highest BCUT2D eigenvalue weighted by Crippen LogP contribution is 2.06. The first kappa shape index (κ1) is 14.4. The van der Waals surface area contributed by atoms with Crippen molar-refractivity contribution >= 4 is 5.91 Å². The molecule has 1 N–H and O–H groups in total. The van der Waals surface area contributed by atoms with E-state index in [1.54, 1.807) is 0 Å². The van der Waals surface area contributed by atoms with Gasteiger partial charge in [0.05, 0.1) is 0 Å². The predicted octanol–water partition coefficient (Wildman–Crippen LogP) is 1.33. The molecule has 100 valence electrons. The molecule has 0 aliphatic heterocycles. The van der Waals surface area contributed by atoms with Crippen molar-refractivity contribution < 1.29 is 4.79 Å². The van der Waals surface area contributed by atoms with Crippen molar-refractivity contribution in [2.45, 2.75) is 39.7 Å². The summed E-state index contributed by atoms with van der Waals surface area (Å²) in [4.78, 5) is 23.0. The van der Waals surface area contributed by atoms with Gasteiger partial charge in [-0.05, 0) is 31.7 Å². The maximum atomic E-state index is 11.9. The number of aromatic nitrogens is 2. The summed E-state index contributed by atoms with van der Waals surface area (Å²) >= 11 is 0. The van der Waals surface area contributed by atoms with Gasteiger partial charge in [0.25, 0.3) is 11.5 Å². The molecule has 1 unspecified atom stereocenters. The monoisotopic (exact) mass is 251 g/mol. The van der Waals surface area contributed by atoms with Crippen LogP contribution in [0.25, 0.3) is 0 Å². The molecule has 18 heavy (non-hydrogen) atoms. The Morgan fingerprint density at radius 3 is 2.56 bits per heavy atom. The van der Waals surface area contributed by atoms with Crippen molar-refractivity contribution in [3.05, 3.63) is 28.2 Å². The third-order valence-corrected chi connectivity index (χ3v) is 2.75. The zero-order chi connectivity index (χ0) is 13.7. The molecule has 1 aromatic heterocycles. The van der Waals surface area contributed by atoms with Gasteiger partial charge in [-0.2, -0.15) is 5.10 Å². The first-order chi connectivity index (χ1) is 8.40. The molecule has 1 amide bonds. The lowest BCUT2D eigenvalue weighted by atomic mass is 10.0. The number of carbonyl (C=O) groups excluding carboxylic acids is 1. The summed E-state index contributed by atoms with van der Waals surface area (Å²) in [6.45, 7) is 6.29. The van der Waals surface area contributed by atoms with E-state index in [-0.39, 0.29) is 23.2 Å². The van der Waals surface area contributed by atoms with Crippen molar-refractivity contribution in [2.24, 2.45) is 13.0 Å². The molecule has 1 rings (SSSR count). The number of rotatable bonds is 5. The molecule has 0 fully saturated rings. The van der Waals surface area contributed by atoms with E-state index in [0.717, 1.165) is 17.5 Å². The molecule has 0 saturated heterocycles. The van der Waals surface area contributed by atoms with Gasteiger partial charge in [-0.1, -0.05) is 13.8 Å². The minimum absolute atomic E-state index is 0.110. The highest BCUT2D eigenvalue weighted by molar-refractivity contribution is 5.92. The number of carbonyl (C=O) groups is 1. The molecule has 0 spiro atoms. The second-order valence-electron chi connectivity index (χ2n) is 5.03. The Morgan fingerprint density at radius 2 is 2.00 bits per heavy atom. The lowest BCUT2D eigenvalue weighted by Gasteiger charge is -2.14. The van der Waals surface area contributed by atoms with Gasteiger partial charge < -0.3 is 5.32 Å². The molecule has 0 aliphatic rings. The molecule has 1 atom stereocenters. The molecule has 0 saturated carbocycles. The number of amides is 1. The number of hydrogen-bond acceptors (Lipinski definition) is 3. The smallest absolute Gasteiger partial charge is 0.271 e. The molecule has 0 aliphatic carbocycles. The fourth-order valence-electron chi connectivity index (χ4n) is 1.58. The van der Waals surface area contributed by atoms with E-state index < -0.39 is 0 Å². The van der Waals surface area contributed by atoms with Gasteiger partial charge in [-0.15, -0.1) is 0 Å². The Bertz CT molecular complexity index is 466. The van der Waals surface area contributed by atoms with Gasteiger partial charge in [0.2, 0.25) is 0 Å². The van der Waals surface area contributed by atoms with Crippen LogP contribution in [-0.4, -0.2) is 21.7 Å². The van der Waals surface area contributed by atoms with Crippen molar-refractivity contribution in [3.63, 3.8) is 0 Å². The number of aryl methyl sites for hydroxylation is 1. The van der Waals surface area contributed by atoms with E-state index in [2.05, 4.69) is 24.3 Å². The quantitative estimate of drug-likeness (QED) is 0.858. The fraction of sp³-hybridized carbons (Fsp3) is 0.615. The summed E-state index contributed by atoms with van der Waals surface area (Å²) in [7, 11) is 1.53. The second-order valence-corrected chi connectivity index (χ2v) is 5.03. The fourth-order valence-corrected chi connectivity index (χ4v) is 1.58. The Balaban J connectivity index is 2.59. The van der Waals surface area contributed by atoms with E-state index in [4.69, 9.17) is 0 Å². The Hall–Kier alpha value is -1.65. The topological polar surface area (TPSA) is 64.0 Å². The Kier molecular flexibility index (Phi) is 5.07. The number of nitrogens with zero attached hydrogens (tertiary/aromatic N) is 2. The van der Waals surface area contributed by atoms with Crippen molar-refractivity contribution in [2.75, 3.05) is 0 Å². The normalized spacial score (nSPS) is 12.5. The zero-order valence-corrected chi connectivity index (χ0v) is 11.4. The lowest BCUT2D eigenvalue weighted by molar-refractivity contribution is 0.0930. The average molecular weight is 251 g/mol. The molecule has 0 radical (unpaired) electrons. The SMILES string of the molecule is CC(C)CCC(C)NC(=O)c1ccc(=O)n(C)n1. The van der Waals surface area contributed by atoms with Crippen LogP contribution in [0.3, 0.4) is 0 Å². The summed E-state index contributed by atoms with van der Waals surface area (Å²) in [6, 6.07) is 2.91. The van der Waals surface area contributed by atoms with Crippen molar-refractivity contribution in [1.29, 1.82) is 0 Å². The third kappa shape index (κ3) is 4.31. The minimum atomic E-state index is -0.234. The number of hydrogen-bond donors (Lipinski definition) is 1. The van der Waals surface area contributed by atoms with Crippen molar-refractivity contribution in [1.82, 2.24) is 15.1 Å². The van der Waals surface area contributed by atoms with E-state index in [1.807, 2.05) is 6.92 Å². The largest absolute Gasteiger partial charge is 0.348 e. The maximum absolute atomic E-state index is 11.9. The number of nitrogens with one attached hydrogen (secondary N) is 1. The van der Waals surface area contributed by atoms with Crippen LogP contribution in [0.1, 0.15) is 44.1 Å². The van der Waals surface area contributed by atoms with Crippen LogP contribution >= 0.6 is 0 Å². The lowest BCUT2D eigenvalue weighted by Crippen LogP contribution is -2.34. The molecule has 5 nitrogen and oxygen atoms in total. The van der Waals surface area contributed by atoms with Gasteiger partial charge in [0, 0.05) is 19.2 Å². The summed E-state index contributed by atoms with van der Waals surface area (Å²) in [6.07, 6.45) is 2.01. The highest BCUT2D eigenvalue weighted by atomic mass is 16.2. The van der Waals surface area contributed by atoms with Crippen LogP contribution in [0.5, 0.6) is 0 Å². The standard InChI is InChI=1S/C13H21N3O2/c1-9(2)5-6-10(3)14-13(18)11-7-8-12(17)16(4)15-11/h7-10H,5-6H2,1-4H3,(H,14,18). The molecule has 0 bridgehead atoms. The van der Waals surface area contributed by atoms with E-state index >= 15 is 0 Å². The molecule has 5 heteroatoms. The van der Waals surface area contributed by atoms with E-state index in [1.165, 1.54) is 19.2 Å². The molecule has 1 heterocycles. The van der Waals surface area contributed by atoms with Crippen molar-refractivity contribution in [3.8, 4) is 0 Å². The predicted molar refractivity (Wildman–Crippen MR) is 70.5 cm³/mol. The van der Waals surface area contributed by atoms with Crippen LogP contribution in [0.2, 0.25) is 0 Å². The molecule has 1 aromatic rings. The average Bonchev–Trinajstić information content (AvgIpc) is 2.30. The summed E-state index contributed by atoms with van der Waals surface area (Å²) in [5.74, 6) is 0.391. The summed E-state index contributed by atoms with van der Waals surface area (Å²) in [5.41, 5.74) is 0.0490. The van der Waals surface area contributed by atoms with Crippen LogP contribution < -0.4 is 10.9 Å². The van der Waals surface area contributed by atoms with Crippen LogP contribution in [0, 0.1) is 5.92 Å². The Morgan fingerprint density at radius 1 is 1.33 bits per heavy atom. The van der Waals surface area contributed by atoms with E-state index in [9.17, 15) is 9.59 Å². The van der Waals surface area contributed by atoms with Gasteiger partial charge in [-0.3, -0.25) is 9.59 Å². The van der Waals surface area contributed by atoms with Crippen LogP contribution in [0.15, 0.2) is 16.9 Å². The third-order valence-electron chi connectivity index (χ3n) is 2.75. The first-order valence-electron chi connectivity index (χ1n) is 6.25. The zero-order valence-electron chi connectivity index (χ0n) is 11.4. The molecular formula is C13H21N3O2. The maximum Gasteiger partial charge on any atom is 0.271 e. The first-order valence-corrected chi connectivity index (χ1v) is 6.25. The molecular weight excluding hydrogens is 230 g/mol. The van der Waals surface area contributed by atoms with Crippen LogP contribution in [-0.2, 0) is 7.05 Å². The van der Waals surface area contributed by atoms with Crippen LogP contribution in [0.4, 0.5) is 0 Å². The van der Waals surface area contributed by atoms with Gasteiger partial charge in [0.15, 0.2) is 0 Å².